The molecule has 222 valence electrons. The van der Waals surface area contributed by atoms with Gasteiger partial charge in [-0.1, -0.05) is 30.3 Å². The number of carboxylic acid groups (broad SMARTS) is 2. The van der Waals surface area contributed by atoms with Crippen LogP contribution in [0.1, 0.15) is 37.7 Å². The van der Waals surface area contributed by atoms with Gasteiger partial charge in [-0.3, -0.25) is 24.2 Å². The molecule has 0 heterocycles. The van der Waals surface area contributed by atoms with Crippen LogP contribution in [0, 0.1) is 0 Å². The van der Waals surface area contributed by atoms with Gasteiger partial charge in [-0.2, -0.15) is 11.8 Å². The van der Waals surface area contributed by atoms with Gasteiger partial charge in [0.05, 0.1) is 6.04 Å². The minimum Gasteiger partial charge on any atom is -0.481 e. The highest BCUT2D eigenvalue weighted by atomic mass is 32.2. The first-order valence-electron chi connectivity index (χ1n) is 12.6. The van der Waals surface area contributed by atoms with Gasteiger partial charge >= 0.3 is 11.9 Å². The summed E-state index contributed by atoms with van der Waals surface area (Å²) in [6.07, 6.45) is 1.98. The molecule has 0 radical (unpaired) electrons. The molecule has 1 aromatic rings. The second kappa shape index (κ2) is 18.4. The van der Waals surface area contributed by atoms with E-state index in [-0.39, 0.29) is 38.2 Å². The molecule has 0 spiro atoms. The lowest BCUT2D eigenvalue weighted by Gasteiger charge is -2.25. The molecule has 0 bridgehead atoms. The van der Waals surface area contributed by atoms with Crippen LogP contribution < -0.4 is 33.2 Å². The number of carboxylic acids is 2. The van der Waals surface area contributed by atoms with Crippen LogP contribution in [-0.2, 0) is 30.4 Å². The highest BCUT2D eigenvalue weighted by Gasteiger charge is 2.30. The molecule has 4 atom stereocenters. The first kappa shape index (κ1) is 34.2. The van der Waals surface area contributed by atoms with Gasteiger partial charge in [-0.05, 0) is 43.3 Å². The standard InChI is InChI=1S/C25H39N7O7S/c1-40-13-11-17(22(36)31-18(24(38)39)9-10-20(33)34)30-23(37)19(14-15-6-3-2-4-7-15)32-21(35)16(26)8-5-12-29-25(27)28/h2-4,6-7,16-19H,5,8-14,26H2,1H3,(H,30,37)(H,31,36)(H,32,35)(H,33,34)(H,38,39)(H4,27,28,29). The Labute approximate surface area is 236 Å². The number of aliphatic carboxylic acids is 2. The van der Waals surface area contributed by atoms with Crippen molar-refractivity contribution < 1.29 is 34.2 Å². The quantitative estimate of drug-likeness (QED) is 0.0545. The molecular weight excluding hydrogens is 542 g/mol. The van der Waals surface area contributed by atoms with Crippen LogP contribution in [0.3, 0.4) is 0 Å². The fourth-order valence-electron chi connectivity index (χ4n) is 3.56. The Bertz CT molecular complexity index is 1020. The van der Waals surface area contributed by atoms with Gasteiger partial charge in [0.15, 0.2) is 5.96 Å². The van der Waals surface area contributed by atoms with Crippen LogP contribution in [-0.4, -0.2) is 88.6 Å². The van der Waals surface area contributed by atoms with Crippen molar-refractivity contribution in [3.8, 4) is 0 Å². The molecular formula is C25H39N7O7S. The summed E-state index contributed by atoms with van der Waals surface area (Å²) < 4.78 is 0. The van der Waals surface area contributed by atoms with Crippen LogP contribution in [0.5, 0.6) is 0 Å². The maximum Gasteiger partial charge on any atom is 0.326 e. The zero-order valence-corrected chi connectivity index (χ0v) is 23.2. The van der Waals surface area contributed by atoms with Gasteiger partial charge in [-0.15, -0.1) is 0 Å². The fraction of sp³-hybridized carbons (Fsp3) is 0.520. The van der Waals surface area contributed by atoms with Crippen LogP contribution in [0.4, 0.5) is 0 Å². The number of nitrogens with two attached hydrogens (primary N) is 3. The number of benzene rings is 1. The Morgan fingerprint density at radius 2 is 1.48 bits per heavy atom. The Balaban J connectivity index is 3.03. The maximum absolute atomic E-state index is 13.4. The second-order valence-corrected chi connectivity index (χ2v) is 9.97. The summed E-state index contributed by atoms with van der Waals surface area (Å²) in [6, 6.07) is 4.30. The average Bonchev–Trinajstić information content (AvgIpc) is 2.90. The molecule has 0 saturated carbocycles. The lowest BCUT2D eigenvalue weighted by molar-refractivity contribution is -0.143. The van der Waals surface area contributed by atoms with Gasteiger partial charge in [-0.25, -0.2) is 4.79 Å². The maximum atomic E-state index is 13.4. The van der Waals surface area contributed by atoms with Crippen molar-refractivity contribution in [3.05, 3.63) is 35.9 Å². The molecule has 40 heavy (non-hydrogen) atoms. The van der Waals surface area contributed by atoms with Gasteiger partial charge in [0.25, 0.3) is 0 Å². The molecule has 0 aliphatic heterocycles. The summed E-state index contributed by atoms with van der Waals surface area (Å²) in [5, 5.41) is 25.9. The largest absolute Gasteiger partial charge is 0.481 e. The van der Waals surface area contributed by atoms with Crippen LogP contribution in [0.25, 0.3) is 0 Å². The van der Waals surface area contributed by atoms with Crippen LogP contribution >= 0.6 is 11.8 Å². The molecule has 11 N–H and O–H groups in total. The van der Waals surface area contributed by atoms with E-state index in [9.17, 15) is 29.1 Å². The van der Waals surface area contributed by atoms with Gasteiger partial charge in [0.2, 0.25) is 17.7 Å². The molecule has 0 aromatic heterocycles. The molecule has 1 aromatic carbocycles. The van der Waals surface area contributed by atoms with Crippen molar-refractivity contribution in [3.63, 3.8) is 0 Å². The zero-order valence-electron chi connectivity index (χ0n) is 22.4. The lowest BCUT2D eigenvalue weighted by Crippen LogP contribution is -2.57. The van der Waals surface area contributed by atoms with Crippen molar-refractivity contribution in [2.75, 3.05) is 18.6 Å². The molecule has 15 heteroatoms. The number of nitrogens with zero attached hydrogens (tertiary/aromatic N) is 1. The second-order valence-electron chi connectivity index (χ2n) is 8.98. The number of guanidine groups is 1. The molecule has 0 aliphatic rings. The first-order valence-corrected chi connectivity index (χ1v) is 14.0. The number of rotatable bonds is 19. The summed E-state index contributed by atoms with van der Waals surface area (Å²) in [6.45, 7) is 0.285. The highest BCUT2D eigenvalue weighted by molar-refractivity contribution is 7.98. The third-order valence-electron chi connectivity index (χ3n) is 5.73. The van der Waals surface area contributed by atoms with Crippen molar-refractivity contribution in [1.82, 2.24) is 16.0 Å². The molecule has 3 amide bonds. The van der Waals surface area contributed by atoms with E-state index in [1.54, 1.807) is 36.6 Å². The monoisotopic (exact) mass is 581 g/mol. The third kappa shape index (κ3) is 13.8. The van der Waals surface area contributed by atoms with E-state index in [1.807, 2.05) is 0 Å². The van der Waals surface area contributed by atoms with E-state index < -0.39 is 60.2 Å². The first-order chi connectivity index (χ1) is 18.9. The van der Waals surface area contributed by atoms with Gasteiger partial charge < -0.3 is 43.4 Å². The van der Waals surface area contributed by atoms with Gasteiger partial charge in [0, 0.05) is 19.4 Å². The van der Waals surface area contributed by atoms with Crippen LogP contribution in [0.2, 0.25) is 0 Å². The number of thioether (sulfide) groups is 1. The normalized spacial score (nSPS) is 13.7. The van der Waals surface area contributed by atoms with E-state index in [4.69, 9.17) is 22.3 Å². The fourth-order valence-corrected chi connectivity index (χ4v) is 4.03. The summed E-state index contributed by atoms with van der Waals surface area (Å²) in [7, 11) is 0. The topological polar surface area (TPSA) is 252 Å². The Morgan fingerprint density at radius 1 is 0.875 bits per heavy atom. The van der Waals surface area contributed by atoms with Crippen molar-refractivity contribution in [2.24, 2.45) is 22.2 Å². The molecule has 14 nitrogen and oxygen atoms in total. The Hall–Kier alpha value is -3.85. The van der Waals surface area contributed by atoms with Crippen LogP contribution in [0.15, 0.2) is 35.3 Å². The molecule has 1 rings (SSSR count). The Kier molecular flexibility index (Phi) is 15.8. The van der Waals surface area contributed by atoms with E-state index in [0.717, 1.165) is 5.56 Å². The van der Waals surface area contributed by atoms with E-state index in [0.29, 0.717) is 12.2 Å². The Morgan fingerprint density at radius 3 is 2.05 bits per heavy atom. The summed E-state index contributed by atoms with van der Waals surface area (Å²) in [5.74, 6) is -4.24. The number of hydrogen-bond acceptors (Lipinski definition) is 8. The number of hydrogen-bond donors (Lipinski definition) is 8. The van der Waals surface area contributed by atoms with E-state index >= 15 is 0 Å². The molecule has 4 unspecified atom stereocenters. The molecule has 0 saturated heterocycles. The summed E-state index contributed by atoms with van der Waals surface area (Å²) in [5.41, 5.74) is 17.3. The van der Waals surface area contributed by atoms with Gasteiger partial charge in [0.1, 0.15) is 18.1 Å². The molecule has 0 fully saturated rings. The zero-order chi connectivity index (χ0) is 30.1. The smallest absolute Gasteiger partial charge is 0.326 e. The summed E-state index contributed by atoms with van der Waals surface area (Å²) >= 11 is 1.41. The minimum atomic E-state index is -1.45. The SMILES string of the molecule is CSCCC(NC(=O)C(Cc1ccccc1)NC(=O)C(N)CCCN=C(N)N)C(=O)NC(CCC(=O)O)C(=O)O. The third-order valence-corrected chi connectivity index (χ3v) is 6.37. The lowest BCUT2D eigenvalue weighted by atomic mass is 10.0. The van der Waals surface area contributed by atoms with Crippen molar-refractivity contribution in [2.45, 2.75) is 62.7 Å². The van der Waals surface area contributed by atoms with E-state index in [2.05, 4.69) is 20.9 Å². The number of aliphatic imine (C=N–C) groups is 1. The number of nitrogens with one attached hydrogen (secondary N) is 3. The average molecular weight is 582 g/mol. The number of amides is 3. The number of carbonyl (C=O) groups is 5. The van der Waals surface area contributed by atoms with Crippen molar-refractivity contribution >= 4 is 47.4 Å². The van der Waals surface area contributed by atoms with E-state index in [1.165, 1.54) is 11.8 Å². The molecule has 0 aliphatic carbocycles. The predicted molar refractivity (Wildman–Crippen MR) is 151 cm³/mol. The highest BCUT2D eigenvalue weighted by Crippen LogP contribution is 2.08. The number of carbonyl (C=O) groups excluding carboxylic acids is 3. The van der Waals surface area contributed by atoms with Crippen molar-refractivity contribution in [1.29, 1.82) is 0 Å². The predicted octanol–water partition coefficient (Wildman–Crippen LogP) is -1.23. The minimum absolute atomic E-state index is 0.0748. The summed E-state index contributed by atoms with van der Waals surface area (Å²) in [4.78, 5) is 65.4.